The Hall–Kier alpha value is -3.42. The quantitative estimate of drug-likeness (QED) is 0.0195. The number of rotatable bonds is 65. The number of nitrogens with one attached hydrogen (secondary N) is 1. The van der Waals surface area contributed by atoms with Gasteiger partial charge in [0.1, 0.15) is 24.4 Å². The normalized spacial score (nSPS) is 18.5. The average molecular weight is 1280 g/mol. The van der Waals surface area contributed by atoms with E-state index in [-0.39, 0.29) is 19.4 Å². The minimum Gasteiger partial charge on any atom is -0.454 e. The molecule has 11 nitrogen and oxygen atoms in total. The Labute approximate surface area is 558 Å². The highest BCUT2D eigenvalue weighted by Crippen LogP contribution is 2.26. The lowest BCUT2D eigenvalue weighted by Crippen LogP contribution is -2.61. The van der Waals surface area contributed by atoms with Crippen molar-refractivity contribution in [2.24, 2.45) is 0 Å². The van der Waals surface area contributed by atoms with Crippen LogP contribution in [0.25, 0.3) is 0 Å². The monoisotopic (exact) mass is 1280 g/mol. The molecule has 11 heteroatoms. The van der Waals surface area contributed by atoms with Crippen molar-refractivity contribution in [3.8, 4) is 0 Å². The van der Waals surface area contributed by atoms with E-state index in [9.17, 15) is 35.1 Å². The number of carbonyl (C=O) groups excluding carboxylic acids is 2. The summed E-state index contributed by atoms with van der Waals surface area (Å²) in [7, 11) is 0. The Morgan fingerprint density at radius 2 is 0.758 bits per heavy atom. The van der Waals surface area contributed by atoms with Crippen LogP contribution < -0.4 is 5.32 Å². The minimum atomic E-state index is -1.62. The molecule has 0 aromatic carbocycles. The highest BCUT2D eigenvalue weighted by atomic mass is 16.7. The van der Waals surface area contributed by atoms with Crippen LogP contribution in [0, 0.1) is 0 Å². The first-order valence-electron chi connectivity index (χ1n) is 38.0. The summed E-state index contributed by atoms with van der Waals surface area (Å²) in [5.74, 6) is -1.20. The van der Waals surface area contributed by atoms with Gasteiger partial charge in [0, 0.05) is 6.42 Å². The maximum atomic E-state index is 13.5. The smallest absolute Gasteiger partial charge is 0.306 e. The van der Waals surface area contributed by atoms with Crippen LogP contribution in [0.1, 0.15) is 335 Å². The van der Waals surface area contributed by atoms with E-state index in [2.05, 4.69) is 111 Å². The summed E-state index contributed by atoms with van der Waals surface area (Å²) in [4.78, 5) is 26.8. The molecule has 1 rings (SSSR count). The van der Waals surface area contributed by atoms with Crippen LogP contribution in [0.5, 0.6) is 0 Å². The largest absolute Gasteiger partial charge is 0.454 e. The average Bonchev–Trinajstić information content (AvgIpc) is 1.09. The van der Waals surface area contributed by atoms with Gasteiger partial charge < -0.3 is 45.1 Å². The molecule has 0 aliphatic carbocycles. The zero-order chi connectivity index (χ0) is 66.0. The maximum Gasteiger partial charge on any atom is 0.306 e. The van der Waals surface area contributed by atoms with E-state index in [4.69, 9.17) is 14.2 Å². The first kappa shape index (κ1) is 85.6. The van der Waals surface area contributed by atoms with Crippen molar-refractivity contribution >= 4 is 11.9 Å². The molecule has 8 unspecified atom stereocenters. The van der Waals surface area contributed by atoms with E-state index in [0.717, 1.165) is 109 Å². The summed E-state index contributed by atoms with van der Waals surface area (Å²) in [6.07, 6.45) is 80.1. The highest BCUT2D eigenvalue weighted by molar-refractivity contribution is 5.80. The molecular weight excluding hydrogens is 1130 g/mol. The van der Waals surface area contributed by atoms with Crippen LogP contribution in [0.15, 0.2) is 97.2 Å². The van der Waals surface area contributed by atoms with Gasteiger partial charge in [-0.2, -0.15) is 0 Å². The van der Waals surface area contributed by atoms with Crippen molar-refractivity contribution in [2.45, 2.75) is 384 Å². The number of ether oxygens (including phenoxy) is 3. The zero-order valence-electron chi connectivity index (χ0n) is 58.7. The van der Waals surface area contributed by atoms with Gasteiger partial charge in [-0.1, -0.05) is 317 Å². The molecule has 1 fully saturated rings. The molecule has 1 aliphatic rings. The number of allylic oxidation sites excluding steroid dienone is 15. The number of esters is 1. The standard InChI is InChI=1S/C80H141NO10/c1-4-7-10-13-16-19-22-25-27-29-31-33-35-37-39-41-43-45-47-50-53-56-59-62-65-68-75(85)91-78-77(87)76(86)74(69-82)90-80(78)89-70-71(72(83)66-63-60-57-54-51-48-24-21-18-15-12-9-6-3)81-79(88)73(84)67-64-61-58-55-52-49-46-44-42-40-38-36-34-32-30-28-26-23-20-17-14-11-8-5-2/h16-17,19-20,25-28,31-34,37,39,63,66,71-74,76-78,80,82-84,86-87H,4-15,18,21-24,29-30,35-36,38,40-62,64-65,67-70H2,1-3H3,(H,81,88)/b19-16-,20-17-,27-25-,28-26-,33-31-,34-32-,39-37-,66-63+. The second-order valence-corrected chi connectivity index (χ2v) is 26.0. The SMILES string of the molecule is CCCCC/C=C\C/C=C\C/C=C\C/C=C\CCCCCCCCCCCC(=O)OC1C(OCC(NC(=O)C(O)CCCCCCCCCCCCC/C=C\C/C=C\C/C=C\CCCCC)C(O)/C=C/CCCCCCCCCCCCC)OC(CO)C(O)C1O. The zero-order valence-corrected chi connectivity index (χ0v) is 58.7. The van der Waals surface area contributed by atoms with Crippen molar-refractivity contribution < 1.29 is 49.3 Å². The molecule has 91 heavy (non-hydrogen) atoms. The summed E-state index contributed by atoms with van der Waals surface area (Å²) in [5.41, 5.74) is 0. The molecular formula is C80H141NO10. The van der Waals surface area contributed by atoms with Gasteiger partial charge in [-0.25, -0.2) is 0 Å². The van der Waals surface area contributed by atoms with Gasteiger partial charge >= 0.3 is 5.97 Å². The number of hydrogen-bond acceptors (Lipinski definition) is 10. The van der Waals surface area contributed by atoms with E-state index in [1.165, 1.54) is 180 Å². The van der Waals surface area contributed by atoms with E-state index in [0.29, 0.717) is 12.8 Å². The number of hydrogen-bond donors (Lipinski definition) is 6. The van der Waals surface area contributed by atoms with Gasteiger partial charge in [0.05, 0.1) is 25.4 Å². The third-order valence-corrected chi connectivity index (χ3v) is 17.5. The molecule has 1 saturated heterocycles. The van der Waals surface area contributed by atoms with Gasteiger partial charge in [0.15, 0.2) is 12.4 Å². The molecule has 0 spiro atoms. The Morgan fingerprint density at radius 1 is 0.429 bits per heavy atom. The fraction of sp³-hybridized carbons (Fsp3) is 0.775. The first-order valence-corrected chi connectivity index (χ1v) is 38.0. The second-order valence-electron chi connectivity index (χ2n) is 26.0. The van der Waals surface area contributed by atoms with Gasteiger partial charge in [-0.3, -0.25) is 9.59 Å². The number of amides is 1. The summed E-state index contributed by atoms with van der Waals surface area (Å²) in [6, 6.07) is -1.03. The van der Waals surface area contributed by atoms with Crippen LogP contribution >= 0.6 is 0 Å². The van der Waals surface area contributed by atoms with Gasteiger partial charge in [0.25, 0.3) is 0 Å². The number of aliphatic hydroxyl groups excluding tert-OH is 5. The second kappa shape index (κ2) is 66.6. The third-order valence-electron chi connectivity index (χ3n) is 17.5. The Morgan fingerprint density at radius 3 is 1.15 bits per heavy atom. The molecule has 0 aromatic rings. The Balaban J connectivity index is 2.56. The molecule has 1 heterocycles. The van der Waals surface area contributed by atoms with Crippen molar-refractivity contribution in [3.63, 3.8) is 0 Å². The summed E-state index contributed by atoms with van der Waals surface area (Å²) < 4.78 is 17.7. The molecule has 8 atom stereocenters. The summed E-state index contributed by atoms with van der Waals surface area (Å²) >= 11 is 0. The molecule has 0 bridgehead atoms. The Bertz CT molecular complexity index is 1860. The van der Waals surface area contributed by atoms with Crippen LogP contribution in [-0.2, 0) is 23.8 Å². The molecule has 1 amide bonds. The fourth-order valence-electron chi connectivity index (χ4n) is 11.5. The van der Waals surface area contributed by atoms with Crippen molar-refractivity contribution in [1.82, 2.24) is 5.32 Å². The molecule has 0 radical (unpaired) electrons. The lowest BCUT2D eigenvalue weighted by atomic mass is 9.99. The van der Waals surface area contributed by atoms with Gasteiger partial charge in [-0.05, 0) is 109 Å². The number of carbonyl (C=O) groups is 2. The first-order chi connectivity index (χ1) is 44.7. The van der Waals surface area contributed by atoms with Crippen molar-refractivity contribution in [3.05, 3.63) is 97.2 Å². The van der Waals surface area contributed by atoms with E-state index in [1.807, 2.05) is 6.08 Å². The van der Waals surface area contributed by atoms with Crippen molar-refractivity contribution in [2.75, 3.05) is 13.2 Å². The molecule has 0 saturated carbocycles. The number of unbranched alkanes of at least 4 members (excludes halogenated alkanes) is 37. The van der Waals surface area contributed by atoms with E-state index in [1.54, 1.807) is 6.08 Å². The van der Waals surface area contributed by atoms with Crippen LogP contribution in [0.3, 0.4) is 0 Å². The third kappa shape index (κ3) is 53.5. The van der Waals surface area contributed by atoms with Crippen LogP contribution in [0.4, 0.5) is 0 Å². The molecule has 526 valence electrons. The Kier molecular flexibility index (Phi) is 62.6. The lowest BCUT2D eigenvalue weighted by Gasteiger charge is -2.41. The molecule has 0 aromatic heterocycles. The lowest BCUT2D eigenvalue weighted by molar-refractivity contribution is -0.305. The fourth-order valence-corrected chi connectivity index (χ4v) is 11.5. The van der Waals surface area contributed by atoms with Crippen LogP contribution in [0.2, 0.25) is 0 Å². The van der Waals surface area contributed by atoms with E-state index >= 15 is 0 Å². The van der Waals surface area contributed by atoms with Gasteiger partial charge in [0.2, 0.25) is 5.91 Å². The van der Waals surface area contributed by atoms with E-state index < -0.39 is 67.4 Å². The molecule has 1 aliphatic heterocycles. The minimum absolute atomic E-state index is 0.113. The highest BCUT2D eigenvalue weighted by Gasteiger charge is 2.47. The maximum absolute atomic E-state index is 13.5. The number of aliphatic hydroxyl groups is 5. The predicted octanol–water partition coefficient (Wildman–Crippen LogP) is 20.2. The molecule has 6 N–H and O–H groups in total. The summed E-state index contributed by atoms with van der Waals surface area (Å²) in [6.45, 7) is 5.77. The van der Waals surface area contributed by atoms with Gasteiger partial charge in [-0.15, -0.1) is 0 Å². The van der Waals surface area contributed by atoms with Crippen LogP contribution in [-0.4, -0.2) is 99.6 Å². The summed E-state index contributed by atoms with van der Waals surface area (Å²) in [5, 5.41) is 57.4. The predicted molar refractivity (Wildman–Crippen MR) is 384 cm³/mol. The topological polar surface area (TPSA) is 175 Å². The van der Waals surface area contributed by atoms with Crippen molar-refractivity contribution in [1.29, 1.82) is 0 Å².